The monoisotopic (exact) mass is 546 g/mol. The third-order valence-corrected chi connectivity index (χ3v) is 9.12. The molecule has 0 bridgehead atoms. The molecular formula is C29H31FN6O2S. The second-order valence-electron chi connectivity index (χ2n) is 10.7. The molecule has 3 heterocycles. The van der Waals surface area contributed by atoms with Gasteiger partial charge in [-0.1, -0.05) is 12.1 Å². The zero-order valence-corrected chi connectivity index (χ0v) is 22.7. The molecule has 1 aromatic carbocycles. The lowest BCUT2D eigenvalue weighted by Gasteiger charge is -2.32. The summed E-state index contributed by atoms with van der Waals surface area (Å²) in [6.07, 6.45) is 1.25. The Morgan fingerprint density at radius 1 is 1.15 bits per heavy atom. The number of nitrogens with zero attached hydrogens (tertiary/aromatic N) is 5. The summed E-state index contributed by atoms with van der Waals surface area (Å²) < 4.78 is 20.2. The fraction of sp³-hybridized carbons (Fsp3) is 0.483. The Kier molecular flexibility index (Phi) is 7.04. The lowest BCUT2D eigenvalue weighted by molar-refractivity contribution is -0.128. The van der Waals surface area contributed by atoms with Crippen LogP contribution in [0.15, 0.2) is 36.4 Å². The van der Waals surface area contributed by atoms with E-state index in [2.05, 4.69) is 50.7 Å². The van der Waals surface area contributed by atoms with Crippen molar-refractivity contribution in [2.75, 3.05) is 31.2 Å². The van der Waals surface area contributed by atoms with Crippen LogP contribution in [0, 0.1) is 24.2 Å². The predicted octanol–water partition coefficient (Wildman–Crippen LogP) is 4.81. The molecule has 202 valence electrons. The predicted molar refractivity (Wildman–Crippen MR) is 147 cm³/mol. The second kappa shape index (κ2) is 10.6. The number of nitriles is 1. The number of alkyl halides is 1. The van der Waals surface area contributed by atoms with Gasteiger partial charge in [0.25, 0.3) is 0 Å². The number of rotatable bonds is 6. The summed E-state index contributed by atoms with van der Waals surface area (Å²) in [5, 5.41) is 21.7. The van der Waals surface area contributed by atoms with E-state index in [1.54, 1.807) is 0 Å². The smallest absolute Gasteiger partial charge is 0.225 e. The fourth-order valence-electron chi connectivity index (χ4n) is 5.51. The highest BCUT2D eigenvalue weighted by atomic mass is 32.1. The minimum absolute atomic E-state index is 0.130. The molecule has 3 fully saturated rings. The van der Waals surface area contributed by atoms with Gasteiger partial charge in [-0.15, -0.1) is 16.4 Å². The Morgan fingerprint density at radius 3 is 2.59 bits per heavy atom. The maximum absolute atomic E-state index is 14.7. The summed E-state index contributed by atoms with van der Waals surface area (Å²) in [4.78, 5) is 21.7. The zero-order valence-electron chi connectivity index (χ0n) is 21.9. The van der Waals surface area contributed by atoms with Gasteiger partial charge in [-0.25, -0.2) is 9.37 Å². The highest BCUT2D eigenvalue weighted by molar-refractivity contribution is 7.18. The van der Waals surface area contributed by atoms with Crippen LogP contribution in [0.1, 0.15) is 49.4 Å². The molecule has 3 atom stereocenters. The van der Waals surface area contributed by atoms with Crippen molar-refractivity contribution in [3.05, 3.63) is 47.8 Å². The molecule has 1 saturated heterocycles. The van der Waals surface area contributed by atoms with Crippen molar-refractivity contribution in [2.24, 2.45) is 5.92 Å². The van der Waals surface area contributed by atoms with Crippen molar-refractivity contribution in [3.63, 3.8) is 0 Å². The van der Waals surface area contributed by atoms with Crippen LogP contribution in [0.5, 0.6) is 0 Å². The van der Waals surface area contributed by atoms with Crippen molar-refractivity contribution < 1.29 is 13.9 Å². The minimum Gasteiger partial charge on any atom is -0.378 e. The summed E-state index contributed by atoms with van der Waals surface area (Å²) in [6, 6.07) is 14.4. The Morgan fingerprint density at radius 2 is 1.92 bits per heavy atom. The van der Waals surface area contributed by atoms with E-state index in [1.165, 1.54) is 11.3 Å². The van der Waals surface area contributed by atoms with Crippen LogP contribution in [0.4, 0.5) is 10.1 Å². The maximum atomic E-state index is 14.7. The molecule has 3 aromatic rings. The van der Waals surface area contributed by atoms with Crippen LogP contribution in [-0.2, 0) is 9.53 Å². The average Bonchev–Trinajstić information content (AvgIpc) is 3.61. The van der Waals surface area contributed by atoms with E-state index >= 15 is 0 Å². The number of morpholine rings is 1. The van der Waals surface area contributed by atoms with Gasteiger partial charge in [0.15, 0.2) is 0 Å². The van der Waals surface area contributed by atoms with Gasteiger partial charge in [0.2, 0.25) is 5.91 Å². The number of hydrogen-bond donors (Lipinski definition) is 1. The van der Waals surface area contributed by atoms with Gasteiger partial charge < -0.3 is 15.0 Å². The lowest BCUT2D eigenvalue weighted by atomic mass is 9.75. The second-order valence-corrected chi connectivity index (χ2v) is 11.7. The topological polar surface area (TPSA) is 104 Å². The number of carbonyl (C=O) groups is 1. The number of anilines is 1. The Balaban J connectivity index is 1.37. The molecule has 2 aliphatic carbocycles. The zero-order chi connectivity index (χ0) is 27.0. The van der Waals surface area contributed by atoms with Crippen LogP contribution in [0.2, 0.25) is 0 Å². The van der Waals surface area contributed by atoms with Crippen molar-refractivity contribution in [3.8, 4) is 27.2 Å². The van der Waals surface area contributed by atoms with E-state index in [-0.39, 0.29) is 18.2 Å². The van der Waals surface area contributed by atoms with Gasteiger partial charge in [-0.2, -0.15) is 10.4 Å². The fourth-order valence-corrected chi connectivity index (χ4v) is 6.62. The van der Waals surface area contributed by atoms with Gasteiger partial charge >= 0.3 is 0 Å². The normalized spacial score (nSPS) is 24.1. The third-order valence-electron chi connectivity index (χ3n) is 7.98. The number of aryl methyl sites for hydroxylation is 1. The molecule has 1 amide bonds. The number of nitrogens with one attached hydrogen (secondary N) is 1. The van der Waals surface area contributed by atoms with Gasteiger partial charge in [0.1, 0.15) is 22.4 Å². The third kappa shape index (κ3) is 5.38. The molecule has 2 aromatic heterocycles. The molecule has 39 heavy (non-hydrogen) atoms. The number of benzene rings is 1. The molecule has 6 rings (SSSR count). The van der Waals surface area contributed by atoms with E-state index < -0.39 is 17.6 Å². The quantitative estimate of drug-likeness (QED) is 0.473. The van der Waals surface area contributed by atoms with E-state index in [0.29, 0.717) is 31.4 Å². The minimum atomic E-state index is -1.05. The van der Waals surface area contributed by atoms with Gasteiger partial charge in [-0.05, 0) is 68.9 Å². The molecule has 0 radical (unpaired) electrons. The van der Waals surface area contributed by atoms with Crippen LogP contribution in [-0.4, -0.2) is 59.1 Å². The SMILES string of the molecule is Cc1ccc(-c2nc(C3CCC(F)CC3C(=O)NC3(C#N)CC3)c(-c3ccc(N4CCOCC4)cc3)s2)nn1. The van der Waals surface area contributed by atoms with Crippen molar-refractivity contribution in [1.29, 1.82) is 5.26 Å². The molecule has 0 spiro atoms. The highest BCUT2D eigenvalue weighted by Crippen LogP contribution is 2.47. The van der Waals surface area contributed by atoms with E-state index in [1.807, 2.05) is 19.1 Å². The molecular weight excluding hydrogens is 515 g/mol. The van der Waals surface area contributed by atoms with Gasteiger partial charge in [0, 0.05) is 30.6 Å². The Bertz CT molecular complexity index is 1380. The number of thiazole rings is 1. The number of amides is 1. The van der Waals surface area contributed by atoms with Crippen LogP contribution < -0.4 is 10.2 Å². The molecule has 8 nitrogen and oxygen atoms in total. The standard InChI is InChI=1S/C29H31FN6O2S/c1-18-2-9-24(35-34-18)28-32-25(22-8-5-20(30)16-23(22)27(37)33-29(17-31)10-11-29)26(39-28)19-3-6-21(7-4-19)36-12-14-38-15-13-36/h2-4,6-7,9,20,22-23H,5,8,10-16H2,1H3,(H,33,37). The van der Waals surface area contributed by atoms with Crippen LogP contribution in [0.3, 0.4) is 0 Å². The first-order valence-electron chi connectivity index (χ1n) is 13.6. The molecule has 3 aliphatic rings. The number of carbonyl (C=O) groups excluding carboxylic acids is 1. The molecule has 3 unspecified atom stereocenters. The summed E-state index contributed by atoms with van der Waals surface area (Å²) in [5.41, 5.74) is 3.63. The number of hydrogen-bond acceptors (Lipinski definition) is 8. The first-order chi connectivity index (χ1) is 18.9. The molecule has 1 aliphatic heterocycles. The number of aromatic nitrogens is 3. The van der Waals surface area contributed by atoms with E-state index in [0.717, 1.165) is 58.8 Å². The number of ether oxygens (including phenoxy) is 1. The van der Waals surface area contributed by atoms with Crippen molar-refractivity contribution >= 4 is 22.9 Å². The first kappa shape index (κ1) is 25.8. The summed E-state index contributed by atoms with van der Waals surface area (Å²) in [7, 11) is 0. The van der Waals surface area contributed by atoms with E-state index in [9.17, 15) is 14.4 Å². The first-order valence-corrected chi connectivity index (χ1v) is 14.4. The maximum Gasteiger partial charge on any atom is 0.225 e. The van der Waals surface area contributed by atoms with Gasteiger partial charge in [0.05, 0.1) is 35.5 Å². The summed E-state index contributed by atoms with van der Waals surface area (Å²) in [5.74, 6) is -1.10. The van der Waals surface area contributed by atoms with Crippen LogP contribution in [0.25, 0.3) is 21.1 Å². The lowest BCUT2D eigenvalue weighted by Crippen LogP contribution is -2.44. The molecule has 10 heteroatoms. The Hall–Kier alpha value is -3.42. The Labute approximate surface area is 231 Å². The highest BCUT2D eigenvalue weighted by Gasteiger charge is 2.48. The summed E-state index contributed by atoms with van der Waals surface area (Å²) >= 11 is 1.53. The summed E-state index contributed by atoms with van der Waals surface area (Å²) in [6.45, 7) is 5.03. The molecule has 1 N–H and O–H groups in total. The average molecular weight is 547 g/mol. The van der Waals surface area contributed by atoms with Crippen molar-refractivity contribution in [2.45, 2.75) is 56.7 Å². The van der Waals surface area contributed by atoms with Crippen LogP contribution >= 0.6 is 11.3 Å². The number of halogens is 1. The molecule has 2 saturated carbocycles. The van der Waals surface area contributed by atoms with Crippen molar-refractivity contribution in [1.82, 2.24) is 20.5 Å². The largest absolute Gasteiger partial charge is 0.378 e. The van der Waals surface area contributed by atoms with Gasteiger partial charge in [-0.3, -0.25) is 4.79 Å². The van der Waals surface area contributed by atoms with E-state index in [4.69, 9.17) is 9.72 Å².